The molecule has 2 aromatic heterocycles. The molecule has 1 atom stereocenters. The van der Waals surface area contributed by atoms with Gasteiger partial charge in [-0.3, -0.25) is 14.2 Å². The van der Waals surface area contributed by atoms with Gasteiger partial charge in [-0.1, -0.05) is 29.5 Å². The summed E-state index contributed by atoms with van der Waals surface area (Å²) in [7, 11) is 1.59. The van der Waals surface area contributed by atoms with Crippen LogP contribution in [0.1, 0.15) is 23.6 Å². The molecule has 2 heterocycles. The lowest BCUT2D eigenvalue weighted by Crippen LogP contribution is -2.34. The van der Waals surface area contributed by atoms with Gasteiger partial charge in [0, 0.05) is 0 Å². The first-order chi connectivity index (χ1) is 15.1. The number of ether oxygens (including phenoxy) is 1. The maximum absolute atomic E-state index is 12.9. The molecule has 1 N–H and O–H groups in total. The topological polar surface area (TPSA) is 104 Å². The van der Waals surface area contributed by atoms with Gasteiger partial charge in [0.25, 0.3) is 5.56 Å². The standard InChI is InChI=1S/C22H20N6O3/c1-31-16-9-7-15(8-10-16)28-21-20(25-26-28)22(30)27(13-23-21)12-19(29)24-18-11-6-14-4-2-3-5-17(14)18/h2-5,7-10,13,18H,6,11-12H2,1H3,(H,24,29)/t18-/m0/s1. The third-order valence-corrected chi connectivity index (χ3v) is 5.53. The largest absolute Gasteiger partial charge is 0.497 e. The zero-order valence-electron chi connectivity index (χ0n) is 16.9. The second-order valence-corrected chi connectivity index (χ2v) is 7.41. The summed E-state index contributed by atoms with van der Waals surface area (Å²) in [4.78, 5) is 29.8. The highest BCUT2D eigenvalue weighted by Gasteiger charge is 2.24. The second-order valence-electron chi connectivity index (χ2n) is 7.41. The highest BCUT2D eigenvalue weighted by Crippen LogP contribution is 2.30. The fourth-order valence-corrected chi connectivity index (χ4v) is 3.96. The second kappa shape index (κ2) is 7.67. The van der Waals surface area contributed by atoms with Crippen molar-refractivity contribution >= 4 is 17.1 Å². The molecular formula is C22H20N6O3. The van der Waals surface area contributed by atoms with E-state index in [1.165, 1.54) is 21.1 Å². The Morgan fingerprint density at radius 2 is 2.00 bits per heavy atom. The van der Waals surface area contributed by atoms with E-state index in [1.807, 2.05) is 18.2 Å². The van der Waals surface area contributed by atoms with E-state index >= 15 is 0 Å². The predicted octanol–water partition coefficient (Wildman–Crippen LogP) is 1.79. The summed E-state index contributed by atoms with van der Waals surface area (Å²) in [5.74, 6) is 0.465. The van der Waals surface area contributed by atoms with Gasteiger partial charge in [-0.2, -0.15) is 4.68 Å². The van der Waals surface area contributed by atoms with Crippen LogP contribution in [0.15, 0.2) is 59.7 Å². The number of fused-ring (bicyclic) bond motifs is 2. The van der Waals surface area contributed by atoms with Crippen molar-refractivity contribution in [2.24, 2.45) is 0 Å². The molecule has 4 aromatic rings. The molecule has 0 bridgehead atoms. The van der Waals surface area contributed by atoms with Crippen molar-refractivity contribution in [3.63, 3.8) is 0 Å². The molecule has 1 aliphatic rings. The minimum Gasteiger partial charge on any atom is -0.497 e. The van der Waals surface area contributed by atoms with Crippen LogP contribution in [-0.2, 0) is 17.8 Å². The van der Waals surface area contributed by atoms with Gasteiger partial charge in [0.1, 0.15) is 18.6 Å². The van der Waals surface area contributed by atoms with Crippen LogP contribution in [0.2, 0.25) is 0 Å². The number of nitrogens with zero attached hydrogens (tertiary/aromatic N) is 5. The number of benzene rings is 2. The number of rotatable bonds is 5. The van der Waals surface area contributed by atoms with E-state index in [9.17, 15) is 9.59 Å². The average Bonchev–Trinajstić information content (AvgIpc) is 3.41. The monoisotopic (exact) mass is 416 g/mol. The van der Waals surface area contributed by atoms with E-state index in [1.54, 1.807) is 31.4 Å². The minimum atomic E-state index is -0.410. The molecule has 5 rings (SSSR count). The van der Waals surface area contributed by atoms with Crippen LogP contribution in [0, 0.1) is 0 Å². The van der Waals surface area contributed by atoms with Crippen molar-refractivity contribution in [2.45, 2.75) is 25.4 Å². The van der Waals surface area contributed by atoms with Crippen LogP contribution in [-0.4, -0.2) is 37.6 Å². The van der Waals surface area contributed by atoms with Crippen LogP contribution >= 0.6 is 0 Å². The van der Waals surface area contributed by atoms with Gasteiger partial charge in [-0.25, -0.2) is 4.98 Å². The van der Waals surface area contributed by atoms with Crippen LogP contribution in [0.25, 0.3) is 16.9 Å². The van der Waals surface area contributed by atoms with Gasteiger partial charge < -0.3 is 10.1 Å². The Balaban J connectivity index is 1.37. The van der Waals surface area contributed by atoms with Gasteiger partial charge >= 0.3 is 0 Å². The number of carbonyl (C=O) groups is 1. The summed E-state index contributed by atoms with van der Waals surface area (Å²) >= 11 is 0. The number of hydrogen-bond donors (Lipinski definition) is 1. The van der Waals surface area contributed by atoms with E-state index in [0.29, 0.717) is 17.1 Å². The summed E-state index contributed by atoms with van der Waals surface area (Å²) in [6.07, 6.45) is 3.15. The van der Waals surface area contributed by atoms with Crippen LogP contribution < -0.4 is 15.6 Å². The third-order valence-electron chi connectivity index (χ3n) is 5.53. The fourth-order valence-electron chi connectivity index (χ4n) is 3.96. The molecule has 2 aromatic carbocycles. The van der Waals surface area contributed by atoms with E-state index < -0.39 is 5.56 Å². The molecule has 9 heteroatoms. The lowest BCUT2D eigenvalue weighted by Gasteiger charge is -2.14. The normalized spacial score (nSPS) is 15.1. The smallest absolute Gasteiger partial charge is 0.284 e. The first kappa shape index (κ1) is 19.0. The molecular weight excluding hydrogens is 396 g/mol. The van der Waals surface area contributed by atoms with Gasteiger partial charge in [-0.15, -0.1) is 5.10 Å². The van der Waals surface area contributed by atoms with Crippen molar-refractivity contribution in [3.05, 3.63) is 76.3 Å². The van der Waals surface area contributed by atoms with Crippen LogP contribution in [0.4, 0.5) is 0 Å². The number of nitrogens with one attached hydrogen (secondary N) is 1. The van der Waals surface area contributed by atoms with Gasteiger partial charge in [0.05, 0.1) is 18.8 Å². The molecule has 0 unspecified atom stereocenters. The molecule has 0 fully saturated rings. The molecule has 1 amide bonds. The summed E-state index contributed by atoms with van der Waals surface area (Å²) in [5, 5.41) is 11.1. The van der Waals surface area contributed by atoms with Gasteiger partial charge in [-0.05, 0) is 48.2 Å². The number of aromatic nitrogens is 5. The maximum atomic E-state index is 12.9. The number of aryl methyl sites for hydroxylation is 1. The number of methoxy groups -OCH3 is 1. The summed E-state index contributed by atoms with van der Waals surface area (Å²) in [6.45, 7) is -0.129. The first-order valence-corrected chi connectivity index (χ1v) is 9.96. The molecule has 156 valence electrons. The molecule has 0 aliphatic heterocycles. The Kier molecular flexibility index (Phi) is 4.70. The van der Waals surface area contributed by atoms with Gasteiger partial charge in [0.15, 0.2) is 11.2 Å². The molecule has 0 saturated heterocycles. The van der Waals surface area contributed by atoms with Crippen molar-refractivity contribution in [1.29, 1.82) is 0 Å². The summed E-state index contributed by atoms with van der Waals surface area (Å²) < 4.78 is 7.90. The third kappa shape index (κ3) is 3.43. The lowest BCUT2D eigenvalue weighted by molar-refractivity contribution is -0.122. The first-order valence-electron chi connectivity index (χ1n) is 9.96. The lowest BCUT2D eigenvalue weighted by atomic mass is 10.1. The van der Waals surface area contributed by atoms with E-state index in [2.05, 4.69) is 26.7 Å². The molecule has 0 spiro atoms. The molecule has 1 aliphatic carbocycles. The number of amides is 1. The minimum absolute atomic E-state index is 0.0351. The molecule has 0 saturated carbocycles. The zero-order valence-corrected chi connectivity index (χ0v) is 16.9. The zero-order chi connectivity index (χ0) is 21.4. The fraction of sp³-hybridized carbons (Fsp3) is 0.227. The van der Waals surface area contributed by atoms with E-state index in [-0.39, 0.29) is 24.0 Å². The Morgan fingerprint density at radius 1 is 1.19 bits per heavy atom. The van der Waals surface area contributed by atoms with Crippen LogP contribution in [0.3, 0.4) is 0 Å². The van der Waals surface area contributed by atoms with Crippen molar-refractivity contribution in [3.8, 4) is 11.4 Å². The molecule has 9 nitrogen and oxygen atoms in total. The SMILES string of the molecule is COc1ccc(-n2nnc3c(=O)n(CC(=O)N[C@H]4CCc5ccccc54)cnc32)cc1. The summed E-state index contributed by atoms with van der Waals surface area (Å²) in [5.41, 5.74) is 3.12. The Bertz CT molecular complexity index is 1330. The predicted molar refractivity (Wildman–Crippen MR) is 113 cm³/mol. The highest BCUT2D eigenvalue weighted by molar-refractivity contribution is 5.77. The molecule has 31 heavy (non-hydrogen) atoms. The van der Waals surface area contributed by atoms with Crippen LogP contribution in [0.5, 0.6) is 5.75 Å². The Hall–Kier alpha value is -4.01. The molecule has 0 radical (unpaired) electrons. The number of hydrogen-bond acceptors (Lipinski definition) is 6. The van der Waals surface area contributed by atoms with Crippen molar-refractivity contribution in [1.82, 2.24) is 29.9 Å². The maximum Gasteiger partial charge on any atom is 0.284 e. The highest BCUT2D eigenvalue weighted by atomic mass is 16.5. The van der Waals surface area contributed by atoms with Gasteiger partial charge in [0.2, 0.25) is 5.91 Å². The van der Waals surface area contributed by atoms with Crippen molar-refractivity contribution in [2.75, 3.05) is 7.11 Å². The summed E-state index contributed by atoms with van der Waals surface area (Å²) in [6, 6.07) is 15.2. The van der Waals surface area contributed by atoms with E-state index in [4.69, 9.17) is 4.74 Å². The Morgan fingerprint density at radius 3 is 2.81 bits per heavy atom. The average molecular weight is 416 g/mol. The van der Waals surface area contributed by atoms with E-state index in [0.717, 1.165) is 18.4 Å². The van der Waals surface area contributed by atoms with Crippen molar-refractivity contribution < 1.29 is 9.53 Å². The Labute approximate surface area is 177 Å². The number of carbonyl (C=O) groups excluding carboxylic acids is 1. The quantitative estimate of drug-likeness (QED) is 0.532.